The maximum absolute atomic E-state index is 13.1. The molecular weight excluding hydrogens is 261 g/mol. The maximum atomic E-state index is 13.1. The van der Waals surface area contributed by atoms with E-state index in [1.807, 2.05) is 0 Å². The van der Waals surface area contributed by atoms with Crippen molar-refractivity contribution in [3.63, 3.8) is 0 Å². The molecule has 104 valence electrons. The average molecular weight is 275 g/mol. The number of benzene rings is 1. The summed E-state index contributed by atoms with van der Waals surface area (Å²) in [6.45, 7) is 0. The van der Waals surface area contributed by atoms with Crippen LogP contribution in [0.4, 0.5) is 15.9 Å². The van der Waals surface area contributed by atoms with Crippen LogP contribution >= 0.6 is 0 Å². The first-order chi connectivity index (χ1) is 9.63. The van der Waals surface area contributed by atoms with E-state index in [0.717, 1.165) is 0 Å². The van der Waals surface area contributed by atoms with E-state index in [9.17, 15) is 9.18 Å². The first kappa shape index (κ1) is 13.8. The molecule has 20 heavy (non-hydrogen) atoms. The molecule has 0 spiro atoms. The van der Waals surface area contributed by atoms with E-state index < -0.39 is 11.7 Å². The van der Waals surface area contributed by atoms with Gasteiger partial charge in [-0.2, -0.15) is 0 Å². The summed E-state index contributed by atoms with van der Waals surface area (Å²) in [6.07, 6.45) is 0. The molecule has 2 rings (SSSR count). The molecule has 0 saturated heterocycles. The van der Waals surface area contributed by atoms with E-state index in [1.54, 1.807) is 25.2 Å². The Morgan fingerprint density at radius 2 is 2.10 bits per heavy atom. The van der Waals surface area contributed by atoms with Crippen LogP contribution in [-0.2, 0) is 0 Å². The van der Waals surface area contributed by atoms with Crippen molar-refractivity contribution < 1.29 is 13.9 Å². The Kier molecular flexibility index (Phi) is 4.14. The van der Waals surface area contributed by atoms with Crippen LogP contribution in [0.15, 0.2) is 36.4 Å². The molecule has 0 saturated carbocycles. The van der Waals surface area contributed by atoms with Crippen molar-refractivity contribution in [3.8, 4) is 5.75 Å². The summed E-state index contributed by atoms with van der Waals surface area (Å²) in [7, 11) is 3.12. The first-order valence-electron chi connectivity index (χ1n) is 5.93. The number of nitrogens with one attached hydrogen (secondary N) is 2. The Bertz CT molecular complexity index is 632. The smallest absolute Gasteiger partial charge is 0.274 e. The highest BCUT2D eigenvalue weighted by molar-refractivity contribution is 6.03. The van der Waals surface area contributed by atoms with Gasteiger partial charge in [-0.15, -0.1) is 0 Å². The van der Waals surface area contributed by atoms with Gasteiger partial charge in [0.25, 0.3) is 5.91 Å². The number of nitrogens with zero attached hydrogens (tertiary/aromatic N) is 1. The quantitative estimate of drug-likeness (QED) is 0.900. The van der Waals surface area contributed by atoms with E-state index in [2.05, 4.69) is 15.6 Å². The number of carbonyl (C=O) groups excluding carboxylic acids is 1. The van der Waals surface area contributed by atoms with Crippen molar-refractivity contribution in [2.24, 2.45) is 0 Å². The second-order valence-electron chi connectivity index (χ2n) is 3.96. The third-order valence-corrected chi connectivity index (χ3v) is 2.65. The SMILES string of the molecule is CNc1cccc(C(=O)Nc2ccc(F)cc2OC)n1. The fraction of sp³-hybridized carbons (Fsp3) is 0.143. The molecular formula is C14H14FN3O2. The number of anilines is 2. The zero-order valence-corrected chi connectivity index (χ0v) is 11.1. The third-order valence-electron chi connectivity index (χ3n) is 2.65. The van der Waals surface area contributed by atoms with Gasteiger partial charge in [0.05, 0.1) is 12.8 Å². The standard InChI is InChI=1S/C14H14FN3O2/c1-16-13-5-3-4-11(17-13)14(19)18-10-7-6-9(15)8-12(10)20-2/h3-8H,1-2H3,(H,16,17)(H,18,19). The molecule has 1 aromatic heterocycles. The Morgan fingerprint density at radius 3 is 2.80 bits per heavy atom. The highest BCUT2D eigenvalue weighted by atomic mass is 19.1. The van der Waals surface area contributed by atoms with Gasteiger partial charge >= 0.3 is 0 Å². The van der Waals surface area contributed by atoms with E-state index in [0.29, 0.717) is 11.5 Å². The lowest BCUT2D eigenvalue weighted by atomic mass is 10.2. The Hall–Kier alpha value is -2.63. The summed E-state index contributed by atoms with van der Waals surface area (Å²) in [4.78, 5) is 16.2. The second-order valence-corrected chi connectivity index (χ2v) is 3.96. The molecule has 2 N–H and O–H groups in total. The fourth-order valence-corrected chi connectivity index (χ4v) is 1.66. The number of halogens is 1. The van der Waals surface area contributed by atoms with Crippen LogP contribution in [0.5, 0.6) is 5.75 Å². The van der Waals surface area contributed by atoms with Crippen LogP contribution in [0.25, 0.3) is 0 Å². The molecule has 1 heterocycles. The summed E-state index contributed by atoms with van der Waals surface area (Å²) >= 11 is 0. The van der Waals surface area contributed by atoms with Crippen molar-refractivity contribution in [3.05, 3.63) is 47.9 Å². The molecule has 0 bridgehead atoms. The van der Waals surface area contributed by atoms with Gasteiger partial charge in [-0.25, -0.2) is 9.37 Å². The van der Waals surface area contributed by atoms with Crippen LogP contribution in [0, 0.1) is 5.82 Å². The molecule has 0 aliphatic heterocycles. The Balaban J connectivity index is 2.23. The zero-order valence-electron chi connectivity index (χ0n) is 11.1. The topological polar surface area (TPSA) is 63.2 Å². The van der Waals surface area contributed by atoms with Gasteiger partial charge in [-0.05, 0) is 24.3 Å². The van der Waals surface area contributed by atoms with Crippen molar-refractivity contribution in [2.75, 3.05) is 24.8 Å². The molecule has 5 nitrogen and oxygen atoms in total. The van der Waals surface area contributed by atoms with Gasteiger partial charge in [-0.3, -0.25) is 4.79 Å². The molecule has 0 unspecified atom stereocenters. The maximum Gasteiger partial charge on any atom is 0.274 e. The molecule has 2 aromatic rings. The number of carbonyl (C=O) groups is 1. The van der Waals surface area contributed by atoms with Crippen LogP contribution in [0.1, 0.15) is 10.5 Å². The number of aromatic nitrogens is 1. The minimum absolute atomic E-state index is 0.253. The van der Waals surface area contributed by atoms with Gasteiger partial charge in [0.1, 0.15) is 23.1 Å². The highest BCUT2D eigenvalue weighted by Crippen LogP contribution is 2.25. The molecule has 0 aliphatic carbocycles. The van der Waals surface area contributed by atoms with Gasteiger partial charge in [0.15, 0.2) is 0 Å². The molecule has 0 aliphatic rings. The first-order valence-corrected chi connectivity index (χ1v) is 5.93. The van der Waals surface area contributed by atoms with Crippen molar-refractivity contribution in [1.29, 1.82) is 0 Å². The van der Waals surface area contributed by atoms with E-state index >= 15 is 0 Å². The number of amides is 1. The number of hydrogen-bond donors (Lipinski definition) is 2. The average Bonchev–Trinajstić information content (AvgIpc) is 2.49. The van der Waals surface area contributed by atoms with Gasteiger partial charge < -0.3 is 15.4 Å². The molecule has 1 aromatic carbocycles. The Morgan fingerprint density at radius 1 is 1.30 bits per heavy atom. The minimum atomic E-state index is -0.435. The number of ether oxygens (including phenoxy) is 1. The molecule has 1 amide bonds. The minimum Gasteiger partial charge on any atom is -0.494 e. The summed E-state index contributed by atoms with van der Waals surface area (Å²) in [5.41, 5.74) is 0.638. The summed E-state index contributed by atoms with van der Waals surface area (Å²) in [5.74, 6) is 0.00834. The number of rotatable bonds is 4. The van der Waals surface area contributed by atoms with Gasteiger partial charge in [0.2, 0.25) is 0 Å². The lowest BCUT2D eigenvalue weighted by Crippen LogP contribution is -2.15. The molecule has 0 fully saturated rings. The summed E-state index contributed by atoms with van der Waals surface area (Å²) < 4.78 is 18.1. The van der Waals surface area contributed by atoms with E-state index in [4.69, 9.17) is 4.74 Å². The van der Waals surface area contributed by atoms with Crippen molar-refractivity contribution in [2.45, 2.75) is 0 Å². The molecule has 0 radical (unpaired) electrons. The second kappa shape index (κ2) is 6.01. The van der Waals surface area contributed by atoms with Gasteiger partial charge in [-0.1, -0.05) is 6.07 Å². The highest BCUT2D eigenvalue weighted by Gasteiger charge is 2.12. The summed E-state index contributed by atoms with van der Waals surface area (Å²) in [5, 5.41) is 5.49. The largest absolute Gasteiger partial charge is 0.494 e. The molecule has 6 heteroatoms. The van der Waals surface area contributed by atoms with Crippen molar-refractivity contribution >= 4 is 17.4 Å². The van der Waals surface area contributed by atoms with Crippen molar-refractivity contribution in [1.82, 2.24) is 4.98 Å². The predicted octanol–water partition coefficient (Wildman–Crippen LogP) is 2.52. The third kappa shape index (κ3) is 3.03. The van der Waals surface area contributed by atoms with Crippen LogP contribution in [0.3, 0.4) is 0 Å². The number of methoxy groups -OCH3 is 1. The fourth-order valence-electron chi connectivity index (χ4n) is 1.66. The monoisotopic (exact) mass is 275 g/mol. The number of hydrogen-bond acceptors (Lipinski definition) is 4. The number of pyridine rings is 1. The van der Waals surface area contributed by atoms with E-state index in [-0.39, 0.29) is 11.4 Å². The van der Waals surface area contributed by atoms with Crippen LogP contribution < -0.4 is 15.4 Å². The Labute approximate surface area is 115 Å². The summed E-state index contributed by atoms with van der Waals surface area (Å²) in [6, 6.07) is 8.94. The van der Waals surface area contributed by atoms with Crippen LogP contribution in [0.2, 0.25) is 0 Å². The predicted molar refractivity (Wildman–Crippen MR) is 74.7 cm³/mol. The normalized spacial score (nSPS) is 9.95. The van der Waals surface area contributed by atoms with Gasteiger partial charge in [0, 0.05) is 13.1 Å². The lowest BCUT2D eigenvalue weighted by Gasteiger charge is -2.10. The van der Waals surface area contributed by atoms with Crippen LogP contribution in [-0.4, -0.2) is 25.0 Å². The zero-order chi connectivity index (χ0) is 14.5. The molecule has 0 atom stereocenters. The lowest BCUT2D eigenvalue weighted by molar-refractivity contribution is 0.102. The van der Waals surface area contributed by atoms with E-state index in [1.165, 1.54) is 25.3 Å².